The fraction of sp³-hybridized carbons (Fsp3) is 0.0357. The van der Waals surface area contributed by atoms with Crippen molar-refractivity contribution in [2.75, 3.05) is 4.90 Å². The van der Waals surface area contributed by atoms with Crippen LogP contribution in [-0.2, 0) is 5.41 Å². The van der Waals surface area contributed by atoms with Crippen molar-refractivity contribution in [2.24, 2.45) is 0 Å². The van der Waals surface area contributed by atoms with Crippen molar-refractivity contribution in [1.82, 2.24) is 0 Å². The SMILES string of the molecule is CC1(c2ccccc2)c2cc(-c3ccc(-c4ccccc4)cc3)ccc2-c2ccc(N(c3ccc(-c4ccccc4)cc3)c3ccccc3-c3ccccc3)cc21. The molecule has 0 heterocycles. The molecule has 1 atom stereocenters. The van der Waals surface area contributed by atoms with Gasteiger partial charge in [-0.25, -0.2) is 0 Å². The molecule has 0 spiro atoms. The molecular weight excluding hydrogens is 687 g/mol. The average Bonchev–Trinajstić information content (AvgIpc) is 3.55. The highest BCUT2D eigenvalue weighted by molar-refractivity contribution is 5.92. The van der Waals surface area contributed by atoms with Gasteiger partial charge in [-0.2, -0.15) is 0 Å². The highest BCUT2D eigenvalue weighted by Gasteiger charge is 2.41. The molecule has 0 radical (unpaired) electrons. The van der Waals surface area contributed by atoms with Crippen molar-refractivity contribution < 1.29 is 0 Å². The van der Waals surface area contributed by atoms with Crippen LogP contribution >= 0.6 is 0 Å². The minimum atomic E-state index is -0.385. The molecule has 0 aromatic heterocycles. The van der Waals surface area contributed by atoms with E-state index >= 15 is 0 Å². The van der Waals surface area contributed by atoms with E-state index in [-0.39, 0.29) is 5.41 Å². The molecule has 9 aromatic rings. The van der Waals surface area contributed by atoms with Crippen LogP contribution in [0.15, 0.2) is 231 Å². The van der Waals surface area contributed by atoms with E-state index in [9.17, 15) is 0 Å². The Morgan fingerprint density at radius 1 is 0.298 bits per heavy atom. The van der Waals surface area contributed by atoms with Gasteiger partial charge in [0, 0.05) is 22.4 Å². The minimum absolute atomic E-state index is 0.385. The first-order valence-electron chi connectivity index (χ1n) is 19.8. The van der Waals surface area contributed by atoms with Crippen LogP contribution < -0.4 is 4.90 Å². The van der Waals surface area contributed by atoms with E-state index in [1.807, 2.05) is 0 Å². The summed E-state index contributed by atoms with van der Waals surface area (Å²) in [6.45, 7) is 2.41. The van der Waals surface area contributed by atoms with Crippen LogP contribution in [0.25, 0.3) is 55.6 Å². The molecule has 0 N–H and O–H groups in total. The Labute approximate surface area is 335 Å². The summed E-state index contributed by atoms with van der Waals surface area (Å²) in [6, 6.07) is 83.9. The van der Waals surface area contributed by atoms with Gasteiger partial charge in [0.2, 0.25) is 0 Å². The molecule has 57 heavy (non-hydrogen) atoms. The lowest BCUT2D eigenvalue weighted by atomic mass is 9.73. The maximum atomic E-state index is 2.45. The number of nitrogens with zero attached hydrogens (tertiary/aromatic N) is 1. The summed E-state index contributed by atoms with van der Waals surface area (Å²) in [5.74, 6) is 0. The summed E-state index contributed by atoms with van der Waals surface area (Å²) < 4.78 is 0. The van der Waals surface area contributed by atoms with Crippen molar-refractivity contribution in [3.63, 3.8) is 0 Å². The number of benzene rings is 9. The Balaban J connectivity index is 1.12. The lowest BCUT2D eigenvalue weighted by Crippen LogP contribution is -2.23. The van der Waals surface area contributed by atoms with Gasteiger partial charge in [-0.05, 0) is 110 Å². The Morgan fingerprint density at radius 3 is 1.30 bits per heavy atom. The molecule has 270 valence electrons. The van der Waals surface area contributed by atoms with Gasteiger partial charge < -0.3 is 4.90 Å². The van der Waals surface area contributed by atoms with Gasteiger partial charge in [0.1, 0.15) is 0 Å². The highest BCUT2D eigenvalue weighted by atomic mass is 15.1. The topological polar surface area (TPSA) is 3.24 Å². The first kappa shape index (κ1) is 34.3. The molecule has 0 bridgehead atoms. The standard InChI is InChI=1S/C56H41N/c1-56(47-22-12-5-13-23-47)53-38-46(44-28-26-42(27-29-44)40-16-6-2-7-17-40)32-36-51(53)52-37-35-49(39-54(52)56)57(48-33-30-43(31-34-48)41-18-8-3-9-19-41)55-25-15-14-24-50(55)45-20-10-4-11-21-45/h2-39H,1H3. The summed E-state index contributed by atoms with van der Waals surface area (Å²) in [7, 11) is 0. The van der Waals surface area contributed by atoms with Crippen LogP contribution in [0, 0.1) is 0 Å². The van der Waals surface area contributed by atoms with Gasteiger partial charge in [0.25, 0.3) is 0 Å². The van der Waals surface area contributed by atoms with Gasteiger partial charge in [0.15, 0.2) is 0 Å². The quantitative estimate of drug-likeness (QED) is 0.151. The molecule has 1 nitrogen and oxygen atoms in total. The highest BCUT2D eigenvalue weighted by Crippen LogP contribution is 2.55. The number of para-hydroxylation sites is 1. The van der Waals surface area contributed by atoms with Crippen molar-refractivity contribution in [3.8, 4) is 55.6 Å². The zero-order valence-electron chi connectivity index (χ0n) is 31.9. The lowest BCUT2D eigenvalue weighted by molar-refractivity contribution is 0.714. The molecule has 9 aromatic carbocycles. The first-order valence-corrected chi connectivity index (χ1v) is 19.8. The van der Waals surface area contributed by atoms with Gasteiger partial charge in [0.05, 0.1) is 5.69 Å². The fourth-order valence-electron chi connectivity index (χ4n) is 8.80. The molecule has 0 saturated carbocycles. The summed E-state index contributed by atoms with van der Waals surface area (Å²) in [5.41, 5.74) is 19.1. The Kier molecular flexibility index (Phi) is 8.69. The second kappa shape index (κ2) is 14.5. The number of hydrogen-bond acceptors (Lipinski definition) is 1. The minimum Gasteiger partial charge on any atom is -0.310 e. The summed E-state index contributed by atoms with van der Waals surface area (Å²) in [6.07, 6.45) is 0. The van der Waals surface area contributed by atoms with Crippen LogP contribution in [-0.4, -0.2) is 0 Å². The summed E-state index contributed by atoms with van der Waals surface area (Å²) in [5, 5.41) is 0. The molecule has 0 aliphatic heterocycles. The number of rotatable bonds is 8. The molecule has 0 saturated heterocycles. The Bertz CT molecular complexity index is 2810. The second-order valence-corrected chi connectivity index (χ2v) is 15.1. The fourth-order valence-corrected chi connectivity index (χ4v) is 8.80. The maximum Gasteiger partial charge on any atom is 0.0540 e. The van der Waals surface area contributed by atoms with Crippen LogP contribution in [0.2, 0.25) is 0 Å². The van der Waals surface area contributed by atoms with E-state index in [4.69, 9.17) is 0 Å². The normalized spacial score (nSPS) is 14.1. The number of anilines is 3. The Morgan fingerprint density at radius 2 is 0.702 bits per heavy atom. The molecule has 10 rings (SSSR count). The summed E-state index contributed by atoms with van der Waals surface area (Å²) >= 11 is 0. The molecule has 0 fully saturated rings. The van der Waals surface area contributed by atoms with Crippen molar-refractivity contribution in [2.45, 2.75) is 12.3 Å². The third kappa shape index (κ3) is 6.15. The predicted octanol–water partition coefficient (Wildman–Crippen LogP) is 15.2. The summed E-state index contributed by atoms with van der Waals surface area (Å²) in [4.78, 5) is 2.44. The molecule has 0 amide bonds. The van der Waals surface area contributed by atoms with E-state index in [1.54, 1.807) is 0 Å². The first-order chi connectivity index (χ1) is 28.1. The van der Waals surface area contributed by atoms with Gasteiger partial charge >= 0.3 is 0 Å². The van der Waals surface area contributed by atoms with Crippen LogP contribution in [0.3, 0.4) is 0 Å². The Hall–Kier alpha value is -7.22. The molecular formula is C56H41N. The van der Waals surface area contributed by atoms with Gasteiger partial charge in [-0.15, -0.1) is 0 Å². The molecule has 1 aliphatic rings. The van der Waals surface area contributed by atoms with Crippen molar-refractivity contribution in [1.29, 1.82) is 0 Å². The largest absolute Gasteiger partial charge is 0.310 e. The van der Waals surface area contributed by atoms with Gasteiger partial charge in [-0.3, -0.25) is 0 Å². The third-order valence-electron chi connectivity index (χ3n) is 11.8. The average molecular weight is 728 g/mol. The number of hydrogen-bond donors (Lipinski definition) is 0. The van der Waals surface area contributed by atoms with E-state index in [0.717, 1.165) is 17.1 Å². The van der Waals surface area contributed by atoms with E-state index in [1.165, 1.54) is 72.3 Å². The maximum absolute atomic E-state index is 2.45. The van der Waals surface area contributed by atoms with Crippen LogP contribution in [0.4, 0.5) is 17.1 Å². The molecule has 1 unspecified atom stereocenters. The van der Waals surface area contributed by atoms with E-state index in [0.29, 0.717) is 0 Å². The van der Waals surface area contributed by atoms with Crippen LogP contribution in [0.5, 0.6) is 0 Å². The second-order valence-electron chi connectivity index (χ2n) is 15.1. The molecule has 1 aliphatic carbocycles. The molecule has 1 heteroatoms. The third-order valence-corrected chi connectivity index (χ3v) is 11.8. The van der Waals surface area contributed by atoms with Crippen molar-refractivity contribution >= 4 is 17.1 Å². The zero-order valence-corrected chi connectivity index (χ0v) is 31.9. The smallest absolute Gasteiger partial charge is 0.0540 e. The zero-order chi connectivity index (χ0) is 38.2. The lowest BCUT2D eigenvalue weighted by Gasteiger charge is -2.32. The monoisotopic (exact) mass is 727 g/mol. The van der Waals surface area contributed by atoms with E-state index in [2.05, 4.69) is 242 Å². The van der Waals surface area contributed by atoms with Crippen molar-refractivity contribution in [3.05, 3.63) is 247 Å². The van der Waals surface area contributed by atoms with Gasteiger partial charge in [-0.1, -0.05) is 194 Å². The predicted molar refractivity (Wildman–Crippen MR) is 240 cm³/mol. The van der Waals surface area contributed by atoms with E-state index < -0.39 is 0 Å². The van der Waals surface area contributed by atoms with Crippen LogP contribution in [0.1, 0.15) is 23.6 Å². The number of fused-ring (bicyclic) bond motifs is 3.